The van der Waals surface area contributed by atoms with Gasteiger partial charge < -0.3 is 10.0 Å². The van der Waals surface area contributed by atoms with Crippen molar-refractivity contribution in [2.24, 2.45) is 0 Å². The molecule has 0 bridgehead atoms. The van der Waals surface area contributed by atoms with E-state index in [1.54, 1.807) is 13.0 Å². The second kappa shape index (κ2) is 3.51. The lowest BCUT2D eigenvalue weighted by Gasteiger charge is -2.26. The van der Waals surface area contributed by atoms with Crippen LogP contribution in [0.15, 0.2) is 11.8 Å². The first-order valence-corrected chi connectivity index (χ1v) is 3.09. The van der Waals surface area contributed by atoms with Crippen molar-refractivity contribution >= 4 is 0 Å². The first kappa shape index (κ1) is 8.50. The van der Waals surface area contributed by atoms with Crippen LogP contribution >= 0.6 is 0 Å². The minimum absolute atomic E-state index is 0.0231. The van der Waals surface area contributed by atoms with Crippen LogP contribution in [-0.4, -0.2) is 25.0 Å². The standard InChI is InChI=1S/C7H15NO/c1-5-7(9)6(2)8(3)4/h5-6,9H,1-4H3/p-1. The third-order valence-electron chi connectivity index (χ3n) is 1.47. The Kier molecular flexibility index (Phi) is 3.32. The van der Waals surface area contributed by atoms with Crippen molar-refractivity contribution in [3.8, 4) is 0 Å². The van der Waals surface area contributed by atoms with Gasteiger partial charge in [0.2, 0.25) is 0 Å². The fourth-order valence-electron chi connectivity index (χ4n) is 0.496. The zero-order valence-electron chi connectivity index (χ0n) is 6.51. The number of allylic oxidation sites excluding steroid dienone is 1. The maximum Gasteiger partial charge on any atom is 0.0170 e. The SMILES string of the molecule is CC=C([O-])C(C)N(C)C. The molecule has 0 saturated carbocycles. The molecule has 0 aromatic heterocycles. The molecule has 0 rings (SSSR count). The average Bonchev–Trinajstić information content (AvgIpc) is 1.84. The van der Waals surface area contributed by atoms with E-state index in [4.69, 9.17) is 0 Å². The van der Waals surface area contributed by atoms with Crippen molar-refractivity contribution in [1.82, 2.24) is 4.90 Å². The topological polar surface area (TPSA) is 26.3 Å². The monoisotopic (exact) mass is 128 g/mol. The summed E-state index contributed by atoms with van der Waals surface area (Å²) < 4.78 is 0. The van der Waals surface area contributed by atoms with Crippen LogP contribution in [0.3, 0.4) is 0 Å². The van der Waals surface area contributed by atoms with Crippen molar-refractivity contribution in [2.75, 3.05) is 14.1 Å². The molecule has 0 amide bonds. The molecule has 0 aliphatic carbocycles. The molecule has 54 valence electrons. The lowest BCUT2D eigenvalue weighted by atomic mass is 10.2. The van der Waals surface area contributed by atoms with Gasteiger partial charge in [-0.05, 0) is 27.9 Å². The molecule has 2 heteroatoms. The highest BCUT2D eigenvalue weighted by molar-refractivity contribution is 4.95. The van der Waals surface area contributed by atoms with Gasteiger partial charge in [0, 0.05) is 6.04 Å². The zero-order chi connectivity index (χ0) is 7.44. The highest BCUT2D eigenvalue weighted by atomic mass is 16.3. The Morgan fingerprint density at radius 1 is 1.56 bits per heavy atom. The van der Waals surface area contributed by atoms with Gasteiger partial charge >= 0.3 is 0 Å². The molecule has 0 saturated heterocycles. The lowest BCUT2D eigenvalue weighted by molar-refractivity contribution is -0.313. The Hall–Kier alpha value is -0.500. The van der Waals surface area contributed by atoms with E-state index in [0.717, 1.165) is 0 Å². The summed E-state index contributed by atoms with van der Waals surface area (Å²) in [6.07, 6.45) is 1.60. The largest absolute Gasteiger partial charge is 0.875 e. The van der Waals surface area contributed by atoms with Gasteiger partial charge in [0.1, 0.15) is 0 Å². The molecule has 0 aromatic rings. The molecule has 0 fully saturated rings. The molecule has 0 radical (unpaired) electrons. The normalized spacial score (nSPS) is 16.3. The van der Waals surface area contributed by atoms with E-state index in [9.17, 15) is 5.11 Å². The highest BCUT2D eigenvalue weighted by Gasteiger charge is 1.99. The molecule has 1 unspecified atom stereocenters. The Labute approximate surface area is 56.8 Å². The van der Waals surface area contributed by atoms with Crippen LogP contribution in [-0.2, 0) is 0 Å². The van der Waals surface area contributed by atoms with Crippen molar-refractivity contribution in [3.63, 3.8) is 0 Å². The highest BCUT2D eigenvalue weighted by Crippen LogP contribution is 1.98. The quantitative estimate of drug-likeness (QED) is 0.497. The fourth-order valence-corrected chi connectivity index (χ4v) is 0.496. The number of likely N-dealkylation sites (N-methyl/N-ethyl adjacent to an activating group) is 1. The molecule has 0 N–H and O–H groups in total. The van der Waals surface area contributed by atoms with E-state index in [-0.39, 0.29) is 11.8 Å². The molecular formula is C7H14NO-. The van der Waals surface area contributed by atoms with Crippen LogP contribution < -0.4 is 5.11 Å². The van der Waals surface area contributed by atoms with Crippen molar-refractivity contribution < 1.29 is 5.11 Å². The molecule has 0 aliphatic heterocycles. The molecule has 1 atom stereocenters. The molecule has 9 heavy (non-hydrogen) atoms. The van der Waals surface area contributed by atoms with Gasteiger partial charge in [-0.3, -0.25) is 0 Å². The van der Waals surface area contributed by atoms with Crippen LogP contribution in [0.5, 0.6) is 0 Å². The van der Waals surface area contributed by atoms with Crippen LogP contribution in [0.4, 0.5) is 0 Å². The van der Waals surface area contributed by atoms with Gasteiger partial charge in [0.25, 0.3) is 0 Å². The first-order chi connectivity index (χ1) is 4.09. The number of rotatable bonds is 2. The van der Waals surface area contributed by atoms with Gasteiger partial charge in [-0.1, -0.05) is 6.08 Å². The maximum absolute atomic E-state index is 10.9. The van der Waals surface area contributed by atoms with E-state index in [1.807, 2.05) is 25.9 Å². The summed E-state index contributed by atoms with van der Waals surface area (Å²) in [6, 6.07) is 0.0231. The fraction of sp³-hybridized carbons (Fsp3) is 0.714. The molecule has 0 aromatic carbocycles. The Bertz CT molecular complexity index is 107. The van der Waals surface area contributed by atoms with E-state index >= 15 is 0 Å². The summed E-state index contributed by atoms with van der Waals surface area (Å²) >= 11 is 0. The number of nitrogens with zero attached hydrogens (tertiary/aromatic N) is 1. The van der Waals surface area contributed by atoms with Gasteiger partial charge in [-0.15, -0.1) is 5.76 Å². The van der Waals surface area contributed by atoms with Gasteiger partial charge in [-0.25, -0.2) is 0 Å². The maximum atomic E-state index is 10.9. The van der Waals surface area contributed by atoms with Crippen LogP contribution in [0.2, 0.25) is 0 Å². The summed E-state index contributed by atoms with van der Waals surface area (Å²) in [4.78, 5) is 1.89. The van der Waals surface area contributed by atoms with Crippen LogP contribution in [0, 0.1) is 0 Å². The van der Waals surface area contributed by atoms with Gasteiger partial charge in [-0.2, -0.15) is 0 Å². The molecule has 2 nitrogen and oxygen atoms in total. The van der Waals surface area contributed by atoms with E-state index in [2.05, 4.69) is 0 Å². The predicted octanol–water partition coefficient (Wildman–Crippen LogP) is 0.201. The van der Waals surface area contributed by atoms with E-state index in [0.29, 0.717) is 0 Å². The molecular weight excluding hydrogens is 114 g/mol. The van der Waals surface area contributed by atoms with Crippen molar-refractivity contribution in [1.29, 1.82) is 0 Å². The van der Waals surface area contributed by atoms with E-state index in [1.165, 1.54) is 0 Å². The number of hydrogen-bond acceptors (Lipinski definition) is 2. The molecule has 0 aliphatic rings. The Balaban J connectivity index is 3.88. The van der Waals surface area contributed by atoms with Crippen LogP contribution in [0.1, 0.15) is 13.8 Å². The average molecular weight is 128 g/mol. The Morgan fingerprint density at radius 3 is 2.11 bits per heavy atom. The number of hydrogen-bond donors (Lipinski definition) is 0. The summed E-state index contributed by atoms with van der Waals surface area (Å²) in [5, 5.41) is 10.9. The minimum Gasteiger partial charge on any atom is -0.875 e. The first-order valence-electron chi connectivity index (χ1n) is 3.09. The lowest BCUT2D eigenvalue weighted by Crippen LogP contribution is -2.31. The third-order valence-corrected chi connectivity index (χ3v) is 1.47. The smallest absolute Gasteiger partial charge is 0.0170 e. The van der Waals surface area contributed by atoms with Gasteiger partial charge in [0.15, 0.2) is 0 Å². The summed E-state index contributed by atoms with van der Waals surface area (Å²) in [6.45, 7) is 3.66. The van der Waals surface area contributed by atoms with Gasteiger partial charge in [0.05, 0.1) is 0 Å². The predicted molar refractivity (Wildman–Crippen MR) is 36.9 cm³/mol. The molecule has 0 heterocycles. The summed E-state index contributed by atoms with van der Waals surface area (Å²) in [5.41, 5.74) is 0. The second-order valence-electron chi connectivity index (χ2n) is 2.33. The van der Waals surface area contributed by atoms with Crippen molar-refractivity contribution in [2.45, 2.75) is 19.9 Å². The van der Waals surface area contributed by atoms with Crippen LogP contribution in [0.25, 0.3) is 0 Å². The summed E-state index contributed by atoms with van der Waals surface area (Å²) in [5.74, 6) is 0.181. The molecule has 0 spiro atoms. The summed E-state index contributed by atoms with van der Waals surface area (Å²) in [7, 11) is 3.79. The minimum atomic E-state index is 0.0231. The Morgan fingerprint density at radius 2 is 2.00 bits per heavy atom. The second-order valence-corrected chi connectivity index (χ2v) is 2.33. The van der Waals surface area contributed by atoms with E-state index < -0.39 is 0 Å². The zero-order valence-corrected chi connectivity index (χ0v) is 6.51. The van der Waals surface area contributed by atoms with Crippen molar-refractivity contribution in [3.05, 3.63) is 11.8 Å². The third kappa shape index (κ3) is 2.51.